The average molecular weight is 228 g/mol. The molecule has 0 aromatic heterocycles. The van der Waals surface area contributed by atoms with Gasteiger partial charge in [0.25, 0.3) is 0 Å². The van der Waals surface area contributed by atoms with Crippen LogP contribution in [0, 0.1) is 5.41 Å². The van der Waals surface area contributed by atoms with E-state index in [0.717, 1.165) is 13.0 Å². The lowest BCUT2D eigenvalue weighted by Gasteiger charge is -2.39. The maximum absolute atomic E-state index is 12.4. The molecule has 16 heavy (non-hydrogen) atoms. The molecule has 4 nitrogen and oxygen atoms in total. The summed E-state index contributed by atoms with van der Waals surface area (Å²) >= 11 is 0. The molecule has 1 heterocycles. The minimum Gasteiger partial charge on any atom is -0.380 e. The monoisotopic (exact) mass is 228 g/mol. The number of hydrogen-bond donors (Lipinski definition) is 1. The Hall–Kier alpha value is -0.610. The zero-order valence-electron chi connectivity index (χ0n) is 11.0. The predicted octanol–water partition coefficient (Wildman–Crippen LogP) is 0.997. The van der Waals surface area contributed by atoms with Crippen molar-refractivity contribution in [1.82, 2.24) is 4.90 Å². The van der Waals surface area contributed by atoms with Gasteiger partial charge < -0.3 is 15.4 Å². The lowest BCUT2D eigenvalue weighted by molar-refractivity contribution is -0.142. The Morgan fingerprint density at radius 1 is 1.38 bits per heavy atom. The van der Waals surface area contributed by atoms with Gasteiger partial charge in [-0.25, -0.2) is 0 Å². The Morgan fingerprint density at radius 2 is 1.94 bits per heavy atom. The van der Waals surface area contributed by atoms with Crippen LogP contribution in [-0.4, -0.2) is 42.6 Å². The first-order valence-electron chi connectivity index (χ1n) is 5.81. The summed E-state index contributed by atoms with van der Waals surface area (Å²) in [4.78, 5) is 14.2. The fraction of sp³-hybridized carbons (Fsp3) is 0.917. The van der Waals surface area contributed by atoms with Gasteiger partial charge in [-0.3, -0.25) is 4.79 Å². The topological polar surface area (TPSA) is 55.6 Å². The van der Waals surface area contributed by atoms with Gasteiger partial charge in [-0.1, -0.05) is 0 Å². The number of hydrogen-bond acceptors (Lipinski definition) is 3. The Balaban J connectivity index is 2.72. The van der Waals surface area contributed by atoms with E-state index in [1.807, 2.05) is 32.6 Å². The van der Waals surface area contributed by atoms with E-state index in [1.165, 1.54) is 0 Å². The summed E-state index contributed by atoms with van der Waals surface area (Å²) in [6, 6.07) is 0. The molecule has 4 heteroatoms. The molecule has 1 unspecified atom stereocenters. The molecule has 1 fully saturated rings. The second kappa shape index (κ2) is 4.34. The molecule has 0 radical (unpaired) electrons. The van der Waals surface area contributed by atoms with E-state index in [4.69, 9.17) is 10.5 Å². The number of carbonyl (C=O) groups is 1. The van der Waals surface area contributed by atoms with Crippen LogP contribution in [-0.2, 0) is 9.53 Å². The van der Waals surface area contributed by atoms with Gasteiger partial charge in [-0.15, -0.1) is 0 Å². The van der Waals surface area contributed by atoms with E-state index < -0.39 is 11.0 Å². The predicted molar refractivity (Wildman–Crippen MR) is 64.0 cm³/mol. The van der Waals surface area contributed by atoms with Crippen molar-refractivity contribution >= 4 is 5.91 Å². The largest absolute Gasteiger partial charge is 0.380 e. The lowest BCUT2D eigenvalue weighted by atomic mass is 9.74. The molecule has 94 valence electrons. The van der Waals surface area contributed by atoms with Gasteiger partial charge in [0.1, 0.15) is 0 Å². The van der Waals surface area contributed by atoms with Crippen LogP contribution in [0.3, 0.4) is 0 Å². The van der Waals surface area contributed by atoms with Gasteiger partial charge in [0.15, 0.2) is 0 Å². The number of carbonyl (C=O) groups excluding carboxylic acids is 1. The minimum atomic E-state index is -0.546. The highest BCUT2D eigenvalue weighted by molar-refractivity contribution is 5.83. The molecule has 0 aliphatic carbocycles. The Morgan fingerprint density at radius 3 is 2.31 bits per heavy atom. The van der Waals surface area contributed by atoms with Crippen molar-refractivity contribution in [3.63, 3.8) is 0 Å². The summed E-state index contributed by atoms with van der Waals surface area (Å²) in [5.74, 6) is 0.125. The van der Waals surface area contributed by atoms with Crippen LogP contribution in [0.1, 0.15) is 34.1 Å². The SMILES string of the molecule is COC1CCN(C(=O)C(C)(C)C(C)(C)N)C1. The van der Waals surface area contributed by atoms with Crippen LogP contribution >= 0.6 is 0 Å². The first-order chi connectivity index (χ1) is 7.20. The maximum Gasteiger partial charge on any atom is 0.230 e. The molecule has 0 saturated carbocycles. The van der Waals surface area contributed by atoms with Crippen LogP contribution in [0.5, 0.6) is 0 Å². The maximum atomic E-state index is 12.4. The average Bonchev–Trinajstić information content (AvgIpc) is 2.62. The van der Waals surface area contributed by atoms with Crippen LogP contribution in [0.2, 0.25) is 0 Å². The summed E-state index contributed by atoms with van der Waals surface area (Å²) in [6.45, 7) is 9.08. The summed E-state index contributed by atoms with van der Waals surface area (Å²) in [5, 5.41) is 0. The second-order valence-electron chi connectivity index (χ2n) is 5.74. The third-order valence-electron chi connectivity index (χ3n) is 3.91. The van der Waals surface area contributed by atoms with Crippen molar-refractivity contribution in [3.05, 3.63) is 0 Å². The number of ether oxygens (including phenoxy) is 1. The molecule has 0 spiro atoms. The van der Waals surface area contributed by atoms with E-state index in [2.05, 4.69) is 0 Å². The standard InChI is InChI=1S/C12H24N2O2/c1-11(2,12(3,4)13)10(15)14-7-6-9(8-14)16-5/h9H,6-8,13H2,1-5H3. The molecular weight excluding hydrogens is 204 g/mol. The molecule has 1 atom stereocenters. The highest BCUT2D eigenvalue weighted by Crippen LogP contribution is 2.32. The number of nitrogens with zero attached hydrogens (tertiary/aromatic N) is 1. The van der Waals surface area contributed by atoms with Crippen LogP contribution in [0.4, 0.5) is 0 Å². The van der Waals surface area contributed by atoms with Crippen LogP contribution in [0.15, 0.2) is 0 Å². The van der Waals surface area contributed by atoms with Gasteiger partial charge in [0.05, 0.1) is 11.5 Å². The Bertz CT molecular complexity index is 269. The van der Waals surface area contributed by atoms with Gasteiger partial charge in [-0.05, 0) is 34.1 Å². The first kappa shape index (κ1) is 13.5. The van der Waals surface area contributed by atoms with Crippen molar-refractivity contribution in [2.45, 2.75) is 45.8 Å². The van der Waals surface area contributed by atoms with Crippen molar-refractivity contribution in [1.29, 1.82) is 0 Å². The fourth-order valence-corrected chi connectivity index (χ4v) is 1.78. The lowest BCUT2D eigenvalue weighted by Crippen LogP contribution is -2.56. The summed E-state index contributed by atoms with van der Waals surface area (Å²) < 4.78 is 5.26. The highest BCUT2D eigenvalue weighted by atomic mass is 16.5. The fourth-order valence-electron chi connectivity index (χ4n) is 1.78. The summed E-state index contributed by atoms with van der Waals surface area (Å²) in [5.41, 5.74) is 5.01. The van der Waals surface area contributed by atoms with E-state index >= 15 is 0 Å². The molecule has 1 amide bonds. The molecule has 1 saturated heterocycles. The molecule has 0 bridgehead atoms. The molecular formula is C12H24N2O2. The highest BCUT2D eigenvalue weighted by Gasteiger charge is 2.44. The Labute approximate surface area is 98.1 Å². The number of methoxy groups -OCH3 is 1. The number of rotatable bonds is 3. The number of amides is 1. The second-order valence-corrected chi connectivity index (χ2v) is 5.74. The van der Waals surface area contributed by atoms with Crippen LogP contribution < -0.4 is 5.73 Å². The van der Waals surface area contributed by atoms with E-state index in [0.29, 0.717) is 6.54 Å². The zero-order chi connectivity index (χ0) is 12.6. The molecule has 0 aromatic carbocycles. The van der Waals surface area contributed by atoms with Crippen molar-refractivity contribution in [2.75, 3.05) is 20.2 Å². The molecule has 2 N–H and O–H groups in total. The van der Waals surface area contributed by atoms with Crippen molar-refractivity contribution in [3.8, 4) is 0 Å². The number of likely N-dealkylation sites (tertiary alicyclic amines) is 1. The third kappa shape index (κ3) is 2.38. The van der Waals surface area contributed by atoms with E-state index in [-0.39, 0.29) is 12.0 Å². The van der Waals surface area contributed by atoms with Crippen LogP contribution in [0.25, 0.3) is 0 Å². The van der Waals surface area contributed by atoms with Crippen molar-refractivity contribution < 1.29 is 9.53 Å². The minimum absolute atomic E-state index is 0.125. The zero-order valence-corrected chi connectivity index (χ0v) is 11.0. The van der Waals surface area contributed by atoms with E-state index in [9.17, 15) is 4.79 Å². The van der Waals surface area contributed by atoms with E-state index in [1.54, 1.807) is 7.11 Å². The molecule has 1 aliphatic heterocycles. The van der Waals surface area contributed by atoms with Gasteiger partial charge >= 0.3 is 0 Å². The Kier molecular flexibility index (Phi) is 3.65. The van der Waals surface area contributed by atoms with Gasteiger partial charge in [0.2, 0.25) is 5.91 Å². The smallest absolute Gasteiger partial charge is 0.230 e. The quantitative estimate of drug-likeness (QED) is 0.784. The summed E-state index contributed by atoms with van der Waals surface area (Å²) in [6.07, 6.45) is 1.10. The molecule has 1 rings (SSSR count). The van der Waals surface area contributed by atoms with Gasteiger partial charge in [-0.2, -0.15) is 0 Å². The summed E-state index contributed by atoms with van der Waals surface area (Å²) in [7, 11) is 1.69. The van der Waals surface area contributed by atoms with Gasteiger partial charge in [0, 0.05) is 25.7 Å². The van der Waals surface area contributed by atoms with Crippen molar-refractivity contribution in [2.24, 2.45) is 11.1 Å². The number of nitrogens with two attached hydrogens (primary N) is 1. The normalized spacial score (nSPS) is 22.6. The molecule has 1 aliphatic rings. The third-order valence-corrected chi connectivity index (χ3v) is 3.91. The molecule has 0 aromatic rings. The first-order valence-corrected chi connectivity index (χ1v) is 5.81.